The third-order valence-electron chi connectivity index (χ3n) is 4.66. The van der Waals surface area contributed by atoms with E-state index in [1.165, 1.54) is 24.3 Å². The maximum absolute atomic E-state index is 13.1. The van der Waals surface area contributed by atoms with Crippen molar-refractivity contribution in [2.75, 3.05) is 5.32 Å². The van der Waals surface area contributed by atoms with Gasteiger partial charge in [0.05, 0.1) is 11.0 Å². The molecule has 0 bridgehead atoms. The van der Waals surface area contributed by atoms with Crippen molar-refractivity contribution in [3.63, 3.8) is 0 Å². The Balaban J connectivity index is 1.55. The van der Waals surface area contributed by atoms with E-state index in [0.29, 0.717) is 22.3 Å². The molecule has 0 saturated carbocycles. The number of anilines is 1. The van der Waals surface area contributed by atoms with Crippen LogP contribution in [0, 0.1) is 12.7 Å². The van der Waals surface area contributed by atoms with Crippen molar-refractivity contribution >= 4 is 34.2 Å². The van der Waals surface area contributed by atoms with Crippen molar-refractivity contribution in [2.24, 2.45) is 0 Å². The van der Waals surface area contributed by atoms with Crippen molar-refractivity contribution in [1.29, 1.82) is 0 Å². The number of imidazole rings is 1. The number of aryl methyl sites for hydroxylation is 1. The first-order valence-electron chi connectivity index (χ1n) is 9.38. The van der Waals surface area contributed by atoms with Crippen LogP contribution >= 0.6 is 11.6 Å². The highest BCUT2D eigenvalue weighted by molar-refractivity contribution is 6.31. The van der Waals surface area contributed by atoms with E-state index in [4.69, 9.17) is 16.3 Å². The van der Waals surface area contributed by atoms with Crippen LogP contribution in [0.1, 0.15) is 11.4 Å². The van der Waals surface area contributed by atoms with Crippen LogP contribution in [-0.4, -0.2) is 15.5 Å². The second-order valence-corrected chi connectivity index (χ2v) is 7.26. The predicted molar refractivity (Wildman–Crippen MR) is 115 cm³/mol. The zero-order valence-corrected chi connectivity index (χ0v) is 17.0. The largest absolute Gasteiger partial charge is 0.486 e. The summed E-state index contributed by atoms with van der Waals surface area (Å²) >= 11 is 6.07. The molecule has 0 saturated heterocycles. The summed E-state index contributed by atoms with van der Waals surface area (Å²) in [4.78, 5) is 17.2. The highest BCUT2D eigenvalue weighted by atomic mass is 35.5. The zero-order valence-electron chi connectivity index (χ0n) is 16.2. The highest BCUT2D eigenvalue weighted by Crippen LogP contribution is 2.23. The molecule has 1 heterocycles. The Morgan fingerprint density at radius 1 is 1.13 bits per heavy atom. The first-order valence-corrected chi connectivity index (χ1v) is 9.76. The summed E-state index contributed by atoms with van der Waals surface area (Å²) in [5.74, 6) is 0.697. The predicted octanol–water partition coefficient (Wildman–Crippen LogP) is 5.35. The number of fused-ring (bicyclic) bond motifs is 1. The third-order valence-corrected chi connectivity index (χ3v) is 5.08. The van der Waals surface area contributed by atoms with Crippen molar-refractivity contribution in [3.8, 4) is 5.75 Å². The number of benzene rings is 3. The smallest absolute Gasteiger partial charge is 0.244 e. The number of amides is 1. The molecule has 5 nitrogen and oxygen atoms in total. The molecular formula is C23H19ClFN3O2. The van der Waals surface area contributed by atoms with Crippen LogP contribution in [0.2, 0.25) is 5.02 Å². The Kier molecular flexibility index (Phi) is 5.68. The molecule has 1 aromatic heterocycles. The van der Waals surface area contributed by atoms with Crippen LogP contribution in [0.3, 0.4) is 0 Å². The summed E-state index contributed by atoms with van der Waals surface area (Å²) in [6.07, 6.45) is 0. The molecule has 0 spiro atoms. The van der Waals surface area contributed by atoms with Gasteiger partial charge in [-0.3, -0.25) is 4.79 Å². The summed E-state index contributed by atoms with van der Waals surface area (Å²) in [6.45, 7) is 2.15. The van der Waals surface area contributed by atoms with Gasteiger partial charge in [-0.1, -0.05) is 23.7 Å². The second kappa shape index (κ2) is 8.55. The molecule has 0 atom stereocenters. The van der Waals surface area contributed by atoms with Gasteiger partial charge in [0.15, 0.2) is 0 Å². The monoisotopic (exact) mass is 423 g/mol. The van der Waals surface area contributed by atoms with Crippen LogP contribution < -0.4 is 10.1 Å². The fourth-order valence-corrected chi connectivity index (χ4v) is 3.26. The molecule has 1 N–H and O–H groups in total. The van der Waals surface area contributed by atoms with Gasteiger partial charge < -0.3 is 14.6 Å². The van der Waals surface area contributed by atoms with E-state index in [0.717, 1.165) is 16.6 Å². The minimum Gasteiger partial charge on any atom is -0.486 e. The molecule has 4 aromatic rings. The Morgan fingerprint density at radius 3 is 2.67 bits per heavy atom. The molecule has 0 aliphatic carbocycles. The lowest BCUT2D eigenvalue weighted by atomic mass is 10.2. The van der Waals surface area contributed by atoms with Gasteiger partial charge in [0.1, 0.15) is 30.5 Å². The maximum atomic E-state index is 13.1. The molecule has 152 valence electrons. The normalized spacial score (nSPS) is 10.9. The number of para-hydroxylation sites is 2. The fourth-order valence-electron chi connectivity index (χ4n) is 3.14. The lowest BCUT2D eigenvalue weighted by Gasteiger charge is -2.11. The van der Waals surface area contributed by atoms with E-state index < -0.39 is 0 Å². The maximum Gasteiger partial charge on any atom is 0.244 e. The standard InChI is InChI=1S/C23H19ClFN3O2/c1-15-12-18(10-11-19(15)24)30-14-22-27-20-4-2-3-5-21(20)28(22)13-23(29)26-17-8-6-16(25)7-9-17/h2-12H,13-14H2,1H3,(H,26,29). The van der Waals surface area contributed by atoms with E-state index in [1.807, 2.05) is 41.8 Å². The van der Waals surface area contributed by atoms with Gasteiger partial charge in [0.25, 0.3) is 0 Å². The molecule has 0 aliphatic rings. The summed E-state index contributed by atoms with van der Waals surface area (Å²) in [5.41, 5.74) is 3.05. The molecule has 0 fully saturated rings. The van der Waals surface area contributed by atoms with E-state index in [-0.39, 0.29) is 24.9 Å². The summed E-state index contributed by atoms with van der Waals surface area (Å²) in [7, 11) is 0. The average molecular weight is 424 g/mol. The molecule has 0 unspecified atom stereocenters. The quantitative estimate of drug-likeness (QED) is 0.454. The van der Waals surface area contributed by atoms with Gasteiger partial charge >= 0.3 is 0 Å². The highest BCUT2D eigenvalue weighted by Gasteiger charge is 2.14. The summed E-state index contributed by atoms with van der Waals surface area (Å²) in [6, 6.07) is 18.7. The minimum atomic E-state index is -0.356. The summed E-state index contributed by atoms with van der Waals surface area (Å²) in [5, 5.41) is 3.45. The number of aromatic nitrogens is 2. The Morgan fingerprint density at radius 2 is 1.90 bits per heavy atom. The third kappa shape index (κ3) is 4.44. The topological polar surface area (TPSA) is 56.2 Å². The zero-order chi connectivity index (χ0) is 21.1. The van der Waals surface area contributed by atoms with E-state index in [1.54, 1.807) is 12.1 Å². The number of hydrogen-bond acceptors (Lipinski definition) is 3. The number of rotatable bonds is 6. The SMILES string of the molecule is Cc1cc(OCc2nc3ccccc3n2CC(=O)Nc2ccc(F)cc2)ccc1Cl. The Bertz CT molecular complexity index is 1210. The van der Waals surface area contributed by atoms with Gasteiger partial charge in [-0.25, -0.2) is 9.37 Å². The number of carbonyl (C=O) groups excluding carboxylic acids is 1. The molecule has 3 aromatic carbocycles. The van der Waals surface area contributed by atoms with Crippen molar-refractivity contribution < 1.29 is 13.9 Å². The number of ether oxygens (including phenoxy) is 1. The number of hydrogen-bond donors (Lipinski definition) is 1. The van der Waals surface area contributed by atoms with Crippen molar-refractivity contribution in [2.45, 2.75) is 20.1 Å². The molecule has 0 radical (unpaired) electrons. The van der Waals surface area contributed by atoms with E-state index >= 15 is 0 Å². The van der Waals surface area contributed by atoms with Crippen LogP contribution in [0.15, 0.2) is 66.7 Å². The summed E-state index contributed by atoms with van der Waals surface area (Å²) < 4.78 is 20.8. The van der Waals surface area contributed by atoms with Crippen LogP contribution in [0.5, 0.6) is 5.75 Å². The molecule has 1 amide bonds. The first kappa shape index (κ1) is 19.9. The van der Waals surface area contributed by atoms with Gasteiger partial charge in [-0.05, 0) is 67.1 Å². The van der Waals surface area contributed by atoms with Gasteiger partial charge in [0.2, 0.25) is 5.91 Å². The number of nitrogens with zero attached hydrogens (tertiary/aromatic N) is 2. The molecule has 4 rings (SSSR count). The van der Waals surface area contributed by atoms with Crippen LogP contribution in [0.25, 0.3) is 11.0 Å². The van der Waals surface area contributed by atoms with Crippen LogP contribution in [0.4, 0.5) is 10.1 Å². The lowest BCUT2D eigenvalue weighted by molar-refractivity contribution is -0.116. The van der Waals surface area contributed by atoms with Crippen molar-refractivity contribution in [1.82, 2.24) is 9.55 Å². The molecule has 30 heavy (non-hydrogen) atoms. The minimum absolute atomic E-state index is 0.0518. The van der Waals surface area contributed by atoms with Crippen molar-refractivity contribution in [3.05, 3.63) is 89.0 Å². The molecular weight excluding hydrogens is 405 g/mol. The number of nitrogens with one attached hydrogen (secondary N) is 1. The first-order chi connectivity index (χ1) is 14.5. The Hall–Kier alpha value is -3.38. The van der Waals surface area contributed by atoms with E-state index in [9.17, 15) is 9.18 Å². The second-order valence-electron chi connectivity index (χ2n) is 6.86. The van der Waals surface area contributed by atoms with Crippen LogP contribution in [-0.2, 0) is 17.9 Å². The lowest BCUT2D eigenvalue weighted by Crippen LogP contribution is -2.20. The molecule has 7 heteroatoms. The molecule has 0 aliphatic heterocycles. The Labute approximate surface area is 178 Å². The van der Waals surface area contributed by atoms with Gasteiger partial charge in [0, 0.05) is 10.7 Å². The van der Waals surface area contributed by atoms with Gasteiger partial charge in [-0.15, -0.1) is 0 Å². The number of halogens is 2. The number of carbonyl (C=O) groups is 1. The fraction of sp³-hybridized carbons (Fsp3) is 0.130. The average Bonchev–Trinajstić information content (AvgIpc) is 3.08. The van der Waals surface area contributed by atoms with E-state index in [2.05, 4.69) is 10.3 Å². The van der Waals surface area contributed by atoms with Gasteiger partial charge in [-0.2, -0.15) is 0 Å².